The molecule has 0 saturated heterocycles. The van der Waals surface area contributed by atoms with E-state index in [0.29, 0.717) is 0 Å². The molecular weight excluding hydrogens is 200 g/mol. The molecule has 0 aliphatic heterocycles. The molecule has 0 aromatic carbocycles. The number of rotatable bonds is 6. The van der Waals surface area contributed by atoms with Crippen molar-refractivity contribution >= 4 is 15.9 Å². The van der Waals surface area contributed by atoms with Gasteiger partial charge in [0.1, 0.15) is 0 Å². The summed E-state index contributed by atoms with van der Waals surface area (Å²) in [6, 6.07) is 0. The van der Waals surface area contributed by atoms with Gasteiger partial charge in [-0.05, 0) is 32.6 Å². The molecule has 0 unspecified atom stereocenters. The lowest BCUT2D eigenvalue weighted by atomic mass is 10.1. The van der Waals surface area contributed by atoms with Crippen LogP contribution < -0.4 is 0 Å². The van der Waals surface area contributed by atoms with Gasteiger partial charge in [-0.25, -0.2) is 0 Å². The number of hydrogen-bond acceptors (Lipinski definition) is 0. The third-order valence-electron chi connectivity index (χ3n) is 1.58. The number of alkyl halides is 1. The number of allylic oxidation sites excluding steroid dienone is 2. The summed E-state index contributed by atoms with van der Waals surface area (Å²) in [6.45, 7) is 9.92. The molecule has 0 bridgehead atoms. The zero-order valence-corrected chi connectivity index (χ0v) is 8.91. The fourth-order valence-electron chi connectivity index (χ4n) is 0.899. The minimum Gasteiger partial charge on any atom is -0.100 e. The lowest BCUT2D eigenvalue weighted by molar-refractivity contribution is 0.787. The van der Waals surface area contributed by atoms with Crippen LogP contribution in [-0.4, -0.2) is 5.33 Å². The van der Waals surface area contributed by atoms with E-state index < -0.39 is 0 Å². The minimum atomic E-state index is 1.04. The Labute approximate surface area is 78.5 Å². The van der Waals surface area contributed by atoms with Crippen LogP contribution in [0.2, 0.25) is 0 Å². The SMILES string of the molecule is C=C(C)CCCC(=C)CCBr. The molecule has 1 heteroatoms. The van der Waals surface area contributed by atoms with Gasteiger partial charge >= 0.3 is 0 Å². The molecule has 64 valence electrons. The summed E-state index contributed by atoms with van der Waals surface area (Å²) in [4.78, 5) is 0. The summed E-state index contributed by atoms with van der Waals surface area (Å²) in [6.07, 6.45) is 4.61. The molecule has 0 heterocycles. The fraction of sp³-hybridized carbons (Fsp3) is 0.600. The maximum Gasteiger partial charge on any atom is 0.00684 e. The Kier molecular flexibility index (Phi) is 6.63. The van der Waals surface area contributed by atoms with Crippen LogP contribution in [0.25, 0.3) is 0 Å². The van der Waals surface area contributed by atoms with Crippen molar-refractivity contribution < 1.29 is 0 Å². The second-order valence-corrected chi connectivity index (χ2v) is 3.79. The Bertz CT molecular complexity index is 136. The average molecular weight is 217 g/mol. The van der Waals surface area contributed by atoms with Gasteiger partial charge in [0.05, 0.1) is 0 Å². The second-order valence-electron chi connectivity index (χ2n) is 3.00. The van der Waals surface area contributed by atoms with Gasteiger partial charge < -0.3 is 0 Å². The van der Waals surface area contributed by atoms with E-state index in [9.17, 15) is 0 Å². The lowest BCUT2D eigenvalue weighted by Gasteiger charge is -2.02. The van der Waals surface area contributed by atoms with Crippen LogP contribution in [0.15, 0.2) is 24.3 Å². The Morgan fingerprint density at radius 3 is 2.27 bits per heavy atom. The van der Waals surface area contributed by atoms with E-state index in [2.05, 4.69) is 36.0 Å². The summed E-state index contributed by atoms with van der Waals surface area (Å²) >= 11 is 3.39. The van der Waals surface area contributed by atoms with E-state index in [-0.39, 0.29) is 0 Å². The molecule has 0 N–H and O–H groups in total. The highest BCUT2D eigenvalue weighted by Crippen LogP contribution is 2.12. The van der Waals surface area contributed by atoms with Crippen LogP contribution in [0.3, 0.4) is 0 Å². The lowest BCUT2D eigenvalue weighted by Crippen LogP contribution is -1.84. The monoisotopic (exact) mass is 216 g/mol. The normalized spacial score (nSPS) is 9.64. The van der Waals surface area contributed by atoms with Crippen molar-refractivity contribution in [1.29, 1.82) is 0 Å². The zero-order valence-electron chi connectivity index (χ0n) is 7.33. The van der Waals surface area contributed by atoms with E-state index in [4.69, 9.17) is 0 Å². The molecule has 0 amide bonds. The van der Waals surface area contributed by atoms with Gasteiger partial charge in [-0.3, -0.25) is 0 Å². The van der Waals surface area contributed by atoms with Gasteiger partial charge in [0.15, 0.2) is 0 Å². The molecule has 0 nitrogen and oxygen atoms in total. The van der Waals surface area contributed by atoms with E-state index in [1.54, 1.807) is 0 Å². The van der Waals surface area contributed by atoms with Crippen molar-refractivity contribution in [2.45, 2.75) is 32.6 Å². The quantitative estimate of drug-likeness (QED) is 0.464. The predicted octanol–water partition coefficient (Wildman–Crippen LogP) is 4.07. The van der Waals surface area contributed by atoms with Gasteiger partial charge in [0.25, 0.3) is 0 Å². The molecule has 0 atom stereocenters. The van der Waals surface area contributed by atoms with Crippen LogP contribution in [0.4, 0.5) is 0 Å². The molecule has 0 aliphatic carbocycles. The molecule has 0 radical (unpaired) electrons. The third kappa shape index (κ3) is 7.86. The van der Waals surface area contributed by atoms with E-state index in [0.717, 1.165) is 24.6 Å². The molecule has 0 fully saturated rings. The second kappa shape index (κ2) is 6.66. The van der Waals surface area contributed by atoms with Gasteiger partial charge in [0.2, 0.25) is 0 Å². The fourth-order valence-corrected chi connectivity index (χ4v) is 1.46. The highest BCUT2D eigenvalue weighted by atomic mass is 79.9. The first-order valence-electron chi connectivity index (χ1n) is 4.04. The molecule has 0 saturated carbocycles. The van der Waals surface area contributed by atoms with E-state index in [1.165, 1.54) is 17.6 Å². The van der Waals surface area contributed by atoms with Crippen molar-refractivity contribution in [2.24, 2.45) is 0 Å². The Morgan fingerprint density at radius 2 is 1.82 bits per heavy atom. The van der Waals surface area contributed by atoms with Gasteiger partial charge in [-0.2, -0.15) is 0 Å². The smallest absolute Gasteiger partial charge is 0.00684 e. The maximum atomic E-state index is 3.98. The molecular formula is C10H17Br. The van der Waals surface area contributed by atoms with Crippen LogP contribution >= 0.6 is 15.9 Å². The van der Waals surface area contributed by atoms with Crippen molar-refractivity contribution in [3.8, 4) is 0 Å². The first-order chi connectivity index (χ1) is 5.16. The van der Waals surface area contributed by atoms with Crippen molar-refractivity contribution in [3.63, 3.8) is 0 Å². The predicted molar refractivity (Wildman–Crippen MR) is 56.2 cm³/mol. The third-order valence-corrected chi connectivity index (χ3v) is 1.98. The number of halogens is 1. The Morgan fingerprint density at radius 1 is 1.18 bits per heavy atom. The van der Waals surface area contributed by atoms with E-state index >= 15 is 0 Å². The Balaban J connectivity index is 3.24. The maximum absolute atomic E-state index is 3.98. The van der Waals surface area contributed by atoms with Crippen LogP contribution in [0.5, 0.6) is 0 Å². The summed E-state index contributed by atoms with van der Waals surface area (Å²) in [5.41, 5.74) is 2.62. The largest absolute Gasteiger partial charge is 0.100 e. The summed E-state index contributed by atoms with van der Waals surface area (Å²) in [5, 5.41) is 1.04. The van der Waals surface area contributed by atoms with Crippen molar-refractivity contribution in [1.82, 2.24) is 0 Å². The van der Waals surface area contributed by atoms with Gasteiger partial charge in [-0.15, -0.1) is 6.58 Å². The minimum absolute atomic E-state index is 1.04. The van der Waals surface area contributed by atoms with Crippen LogP contribution in [-0.2, 0) is 0 Å². The topological polar surface area (TPSA) is 0 Å². The molecule has 0 aromatic heterocycles. The van der Waals surface area contributed by atoms with Gasteiger partial charge in [-0.1, -0.05) is 33.7 Å². The first kappa shape index (κ1) is 11.0. The van der Waals surface area contributed by atoms with E-state index in [1.807, 2.05) is 0 Å². The molecule has 0 rings (SSSR count). The highest BCUT2D eigenvalue weighted by Gasteiger charge is 1.93. The number of hydrogen-bond donors (Lipinski definition) is 0. The molecule has 0 aromatic rings. The molecule has 11 heavy (non-hydrogen) atoms. The Hall–Kier alpha value is -0.0400. The molecule has 0 aliphatic rings. The standard InChI is InChI=1S/C10H17Br/c1-9(2)5-4-6-10(3)7-8-11/h1,3-8H2,2H3. The van der Waals surface area contributed by atoms with Crippen molar-refractivity contribution in [3.05, 3.63) is 24.3 Å². The van der Waals surface area contributed by atoms with Crippen molar-refractivity contribution in [2.75, 3.05) is 5.33 Å². The highest BCUT2D eigenvalue weighted by molar-refractivity contribution is 9.09. The zero-order chi connectivity index (χ0) is 8.69. The summed E-state index contributed by atoms with van der Waals surface area (Å²) in [5.74, 6) is 0. The van der Waals surface area contributed by atoms with Crippen LogP contribution in [0, 0.1) is 0 Å². The van der Waals surface area contributed by atoms with Gasteiger partial charge in [0, 0.05) is 5.33 Å². The average Bonchev–Trinajstić information content (AvgIpc) is 1.87. The van der Waals surface area contributed by atoms with Crippen LogP contribution in [0.1, 0.15) is 32.6 Å². The molecule has 0 spiro atoms. The summed E-state index contributed by atoms with van der Waals surface area (Å²) < 4.78 is 0. The summed E-state index contributed by atoms with van der Waals surface area (Å²) in [7, 11) is 0. The first-order valence-corrected chi connectivity index (χ1v) is 5.16.